The Balaban J connectivity index is 1.80. The summed E-state index contributed by atoms with van der Waals surface area (Å²) >= 11 is 5.85. The predicted molar refractivity (Wildman–Crippen MR) is 100 cm³/mol. The number of hydrogen-bond acceptors (Lipinski definition) is 4. The summed E-state index contributed by atoms with van der Waals surface area (Å²) in [4.78, 5) is 36.0. The number of ether oxygens (including phenoxy) is 1. The summed E-state index contributed by atoms with van der Waals surface area (Å²) in [5, 5.41) is 3.10. The second kappa shape index (κ2) is 9.15. The number of esters is 1. The Morgan fingerprint density at radius 2 is 1.77 bits per heavy atom. The monoisotopic (exact) mass is 373 g/mol. The van der Waals surface area contributed by atoms with Gasteiger partial charge in [0.1, 0.15) is 0 Å². The molecule has 136 valence electrons. The van der Waals surface area contributed by atoms with Crippen molar-refractivity contribution in [3.63, 3.8) is 0 Å². The van der Waals surface area contributed by atoms with E-state index in [1.54, 1.807) is 36.4 Å². The average molecular weight is 374 g/mol. The Morgan fingerprint density at radius 1 is 1.08 bits per heavy atom. The normalized spacial score (nSPS) is 11.5. The van der Waals surface area contributed by atoms with Gasteiger partial charge in [-0.1, -0.05) is 47.5 Å². The first-order chi connectivity index (χ1) is 12.3. The molecule has 5 nitrogen and oxygen atoms in total. The van der Waals surface area contributed by atoms with Crippen molar-refractivity contribution in [1.82, 2.24) is 0 Å². The molecule has 0 saturated heterocycles. The Kier molecular flexibility index (Phi) is 6.92. The van der Waals surface area contributed by atoms with Crippen molar-refractivity contribution in [3.05, 3.63) is 64.7 Å². The second-order valence-electron chi connectivity index (χ2n) is 5.92. The number of benzene rings is 2. The molecule has 2 rings (SSSR count). The molecule has 1 N–H and O–H groups in total. The van der Waals surface area contributed by atoms with Crippen LogP contribution in [0.1, 0.15) is 35.7 Å². The van der Waals surface area contributed by atoms with E-state index < -0.39 is 18.0 Å². The van der Waals surface area contributed by atoms with Crippen LogP contribution in [0, 0.1) is 6.92 Å². The van der Waals surface area contributed by atoms with Crippen LogP contribution in [0.25, 0.3) is 0 Å². The van der Waals surface area contributed by atoms with Crippen LogP contribution in [0.4, 0.5) is 5.69 Å². The SMILES string of the molecule is Cc1ccc(C(=O)CCC(=O)OC(C)C(=O)Nc2cccc(Cl)c2)cc1. The molecule has 0 bridgehead atoms. The van der Waals surface area contributed by atoms with Crippen LogP contribution in [0.3, 0.4) is 0 Å². The molecule has 2 aromatic rings. The van der Waals surface area contributed by atoms with Gasteiger partial charge < -0.3 is 10.1 Å². The van der Waals surface area contributed by atoms with Crippen molar-refractivity contribution in [2.45, 2.75) is 32.8 Å². The van der Waals surface area contributed by atoms with Crippen LogP contribution >= 0.6 is 11.6 Å². The molecule has 0 fully saturated rings. The van der Waals surface area contributed by atoms with E-state index in [4.69, 9.17) is 16.3 Å². The van der Waals surface area contributed by atoms with E-state index in [0.29, 0.717) is 16.3 Å². The molecule has 1 amide bonds. The highest BCUT2D eigenvalue weighted by Crippen LogP contribution is 2.15. The number of anilines is 1. The van der Waals surface area contributed by atoms with Crippen molar-refractivity contribution < 1.29 is 19.1 Å². The quantitative estimate of drug-likeness (QED) is 0.583. The minimum absolute atomic E-state index is 0.0323. The zero-order chi connectivity index (χ0) is 19.1. The summed E-state index contributed by atoms with van der Waals surface area (Å²) in [6.45, 7) is 3.40. The van der Waals surface area contributed by atoms with Gasteiger partial charge in [0.05, 0.1) is 6.42 Å². The molecular weight excluding hydrogens is 354 g/mol. The lowest BCUT2D eigenvalue weighted by molar-refractivity contribution is -0.153. The number of aryl methyl sites for hydroxylation is 1. The van der Waals surface area contributed by atoms with Crippen LogP contribution < -0.4 is 5.32 Å². The van der Waals surface area contributed by atoms with Gasteiger partial charge in [-0.3, -0.25) is 14.4 Å². The van der Waals surface area contributed by atoms with Crippen molar-refractivity contribution in [3.8, 4) is 0 Å². The first-order valence-electron chi connectivity index (χ1n) is 8.21. The topological polar surface area (TPSA) is 72.5 Å². The third-order valence-electron chi connectivity index (χ3n) is 3.70. The molecule has 26 heavy (non-hydrogen) atoms. The lowest BCUT2D eigenvalue weighted by atomic mass is 10.1. The third kappa shape index (κ3) is 6.01. The molecule has 0 aliphatic carbocycles. The third-order valence-corrected chi connectivity index (χ3v) is 3.93. The molecule has 1 atom stereocenters. The summed E-state index contributed by atoms with van der Waals surface area (Å²) < 4.78 is 5.08. The number of carbonyl (C=O) groups excluding carboxylic acids is 3. The van der Waals surface area contributed by atoms with Gasteiger partial charge in [0.2, 0.25) is 0 Å². The van der Waals surface area contributed by atoms with E-state index in [0.717, 1.165) is 5.56 Å². The van der Waals surface area contributed by atoms with Gasteiger partial charge in [0, 0.05) is 22.7 Å². The number of amides is 1. The molecule has 0 aromatic heterocycles. The number of ketones is 1. The zero-order valence-corrected chi connectivity index (χ0v) is 15.4. The summed E-state index contributed by atoms with van der Waals surface area (Å²) in [6, 6.07) is 13.8. The largest absolute Gasteiger partial charge is 0.453 e. The van der Waals surface area contributed by atoms with Crippen LogP contribution in [-0.4, -0.2) is 23.8 Å². The second-order valence-corrected chi connectivity index (χ2v) is 6.36. The molecule has 0 heterocycles. The fraction of sp³-hybridized carbons (Fsp3) is 0.250. The van der Waals surface area contributed by atoms with Gasteiger partial charge in [-0.25, -0.2) is 0 Å². The van der Waals surface area contributed by atoms with Gasteiger partial charge >= 0.3 is 5.97 Å². The number of halogens is 1. The fourth-order valence-electron chi connectivity index (χ4n) is 2.22. The summed E-state index contributed by atoms with van der Waals surface area (Å²) in [7, 11) is 0. The molecule has 0 radical (unpaired) electrons. The average Bonchev–Trinajstić information content (AvgIpc) is 2.60. The van der Waals surface area contributed by atoms with Crippen molar-refractivity contribution in [2.75, 3.05) is 5.32 Å². The van der Waals surface area contributed by atoms with Crippen LogP contribution in [0.5, 0.6) is 0 Å². The van der Waals surface area contributed by atoms with E-state index in [1.165, 1.54) is 6.92 Å². The summed E-state index contributed by atoms with van der Waals surface area (Å²) in [5.41, 5.74) is 2.12. The molecule has 1 unspecified atom stereocenters. The molecule has 0 aliphatic heterocycles. The van der Waals surface area contributed by atoms with E-state index in [2.05, 4.69) is 5.32 Å². The maximum absolute atomic E-state index is 12.1. The minimum atomic E-state index is -0.976. The number of nitrogens with one attached hydrogen (secondary N) is 1. The molecular formula is C20H20ClNO4. The number of carbonyl (C=O) groups is 3. The fourth-order valence-corrected chi connectivity index (χ4v) is 2.41. The van der Waals surface area contributed by atoms with E-state index in [1.807, 2.05) is 19.1 Å². The highest BCUT2D eigenvalue weighted by atomic mass is 35.5. The number of rotatable bonds is 7. The molecule has 2 aromatic carbocycles. The minimum Gasteiger partial charge on any atom is -0.453 e. The number of Topliss-reactive ketones (excluding diaryl/α,β-unsaturated/α-hetero) is 1. The lowest BCUT2D eigenvalue weighted by Crippen LogP contribution is -2.30. The zero-order valence-electron chi connectivity index (χ0n) is 14.6. The van der Waals surface area contributed by atoms with Crippen molar-refractivity contribution in [1.29, 1.82) is 0 Å². The van der Waals surface area contributed by atoms with Gasteiger partial charge in [-0.05, 0) is 32.0 Å². The Morgan fingerprint density at radius 3 is 2.42 bits per heavy atom. The molecule has 0 spiro atoms. The van der Waals surface area contributed by atoms with Gasteiger partial charge in [0.25, 0.3) is 5.91 Å². The Hall–Kier alpha value is -2.66. The van der Waals surface area contributed by atoms with Gasteiger partial charge in [-0.2, -0.15) is 0 Å². The maximum Gasteiger partial charge on any atom is 0.307 e. The summed E-state index contributed by atoms with van der Waals surface area (Å²) in [6.07, 6.45) is -1.03. The summed E-state index contributed by atoms with van der Waals surface area (Å²) in [5.74, 6) is -1.21. The highest BCUT2D eigenvalue weighted by Gasteiger charge is 2.19. The first kappa shape index (κ1) is 19.7. The van der Waals surface area contributed by atoms with E-state index >= 15 is 0 Å². The maximum atomic E-state index is 12.1. The van der Waals surface area contributed by atoms with Gasteiger partial charge in [0.15, 0.2) is 11.9 Å². The number of hydrogen-bond donors (Lipinski definition) is 1. The van der Waals surface area contributed by atoms with Crippen LogP contribution in [0.2, 0.25) is 5.02 Å². The Labute approximate surface area is 157 Å². The van der Waals surface area contributed by atoms with E-state index in [9.17, 15) is 14.4 Å². The molecule has 0 saturated carbocycles. The molecule has 0 aliphatic rings. The smallest absolute Gasteiger partial charge is 0.307 e. The highest BCUT2D eigenvalue weighted by molar-refractivity contribution is 6.30. The van der Waals surface area contributed by atoms with E-state index in [-0.39, 0.29) is 18.6 Å². The van der Waals surface area contributed by atoms with Crippen LogP contribution in [-0.2, 0) is 14.3 Å². The molecule has 6 heteroatoms. The predicted octanol–water partition coefficient (Wildman–Crippen LogP) is 4.18. The van der Waals surface area contributed by atoms with Crippen molar-refractivity contribution >= 4 is 34.9 Å². The Bertz CT molecular complexity index is 802. The van der Waals surface area contributed by atoms with Gasteiger partial charge in [-0.15, -0.1) is 0 Å². The van der Waals surface area contributed by atoms with Crippen molar-refractivity contribution in [2.24, 2.45) is 0 Å². The standard InChI is InChI=1S/C20H20ClNO4/c1-13-6-8-15(9-7-13)18(23)10-11-19(24)26-14(2)20(25)22-17-5-3-4-16(21)12-17/h3-9,12,14H,10-11H2,1-2H3,(H,22,25). The first-order valence-corrected chi connectivity index (χ1v) is 8.59. The van der Waals surface area contributed by atoms with Crippen LogP contribution in [0.15, 0.2) is 48.5 Å². The lowest BCUT2D eigenvalue weighted by Gasteiger charge is -2.13.